The van der Waals surface area contributed by atoms with Gasteiger partial charge in [-0.25, -0.2) is 0 Å². The SMILES string of the molecule is COCCOc1ccc(C(=O)NNC(=O)c2ccc(NC(=O)c3ccc(C(C)(C)C)cc3)cc2)cc1Br. The van der Waals surface area contributed by atoms with Crippen molar-refractivity contribution in [2.24, 2.45) is 0 Å². The first kappa shape index (κ1) is 27.9. The van der Waals surface area contributed by atoms with Crippen molar-refractivity contribution in [3.05, 3.63) is 93.5 Å². The van der Waals surface area contributed by atoms with E-state index < -0.39 is 11.8 Å². The molecule has 0 bridgehead atoms. The molecule has 3 aromatic rings. The highest BCUT2D eigenvalue weighted by atomic mass is 79.9. The maximum atomic E-state index is 12.6. The summed E-state index contributed by atoms with van der Waals surface area (Å²) in [5.41, 5.74) is 7.66. The number of anilines is 1. The molecule has 0 unspecified atom stereocenters. The molecule has 0 heterocycles. The summed E-state index contributed by atoms with van der Waals surface area (Å²) in [6.07, 6.45) is 0. The molecule has 0 saturated carbocycles. The van der Waals surface area contributed by atoms with E-state index in [-0.39, 0.29) is 11.3 Å². The molecule has 0 radical (unpaired) electrons. The minimum absolute atomic E-state index is 0.00535. The van der Waals surface area contributed by atoms with Crippen molar-refractivity contribution in [2.45, 2.75) is 26.2 Å². The first-order valence-corrected chi connectivity index (χ1v) is 12.4. The van der Waals surface area contributed by atoms with Crippen LogP contribution in [0.4, 0.5) is 5.69 Å². The van der Waals surface area contributed by atoms with Gasteiger partial charge in [0.2, 0.25) is 0 Å². The molecule has 3 rings (SSSR count). The number of hydrogen-bond acceptors (Lipinski definition) is 5. The number of amides is 3. The lowest BCUT2D eigenvalue weighted by Crippen LogP contribution is -2.41. The molecule has 0 spiro atoms. The lowest BCUT2D eigenvalue weighted by atomic mass is 9.87. The van der Waals surface area contributed by atoms with E-state index >= 15 is 0 Å². The first-order valence-electron chi connectivity index (χ1n) is 11.6. The van der Waals surface area contributed by atoms with Gasteiger partial charge in [-0.3, -0.25) is 25.2 Å². The molecule has 194 valence electrons. The zero-order chi connectivity index (χ0) is 27.0. The van der Waals surface area contributed by atoms with Gasteiger partial charge in [-0.05, 0) is 81.5 Å². The van der Waals surface area contributed by atoms with Crippen molar-refractivity contribution < 1.29 is 23.9 Å². The van der Waals surface area contributed by atoms with Gasteiger partial charge in [0.1, 0.15) is 12.4 Å². The van der Waals surface area contributed by atoms with Crippen LogP contribution in [0.5, 0.6) is 5.75 Å². The van der Waals surface area contributed by atoms with Crippen LogP contribution in [0.3, 0.4) is 0 Å². The van der Waals surface area contributed by atoms with Gasteiger partial charge in [0.05, 0.1) is 11.1 Å². The van der Waals surface area contributed by atoms with Gasteiger partial charge in [-0.1, -0.05) is 32.9 Å². The van der Waals surface area contributed by atoms with Crippen LogP contribution in [-0.2, 0) is 10.2 Å². The quantitative estimate of drug-likeness (QED) is 0.259. The number of benzene rings is 3. The third-order valence-electron chi connectivity index (χ3n) is 5.45. The van der Waals surface area contributed by atoms with Gasteiger partial charge in [0, 0.05) is 29.5 Å². The molecule has 0 atom stereocenters. The Kier molecular flexibility index (Phi) is 9.43. The van der Waals surface area contributed by atoms with Crippen LogP contribution >= 0.6 is 15.9 Å². The number of hydrazine groups is 1. The zero-order valence-corrected chi connectivity index (χ0v) is 22.8. The smallest absolute Gasteiger partial charge is 0.269 e. The third-order valence-corrected chi connectivity index (χ3v) is 6.07. The van der Waals surface area contributed by atoms with Crippen molar-refractivity contribution in [1.82, 2.24) is 10.9 Å². The van der Waals surface area contributed by atoms with Gasteiger partial charge in [0.15, 0.2) is 0 Å². The molecule has 3 aromatic carbocycles. The molecule has 0 aliphatic carbocycles. The maximum Gasteiger partial charge on any atom is 0.269 e. The summed E-state index contributed by atoms with van der Waals surface area (Å²) < 4.78 is 11.1. The molecule has 0 aromatic heterocycles. The minimum atomic E-state index is -0.498. The number of halogens is 1. The molecule has 9 heteroatoms. The largest absolute Gasteiger partial charge is 0.490 e. The molecular formula is C28H30BrN3O5. The molecule has 0 aliphatic rings. The highest BCUT2D eigenvalue weighted by Gasteiger charge is 2.15. The van der Waals surface area contributed by atoms with E-state index in [9.17, 15) is 14.4 Å². The Hall–Kier alpha value is -3.69. The van der Waals surface area contributed by atoms with Crippen LogP contribution in [0.15, 0.2) is 71.2 Å². The summed E-state index contributed by atoms with van der Waals surface area (Å²) in [4.78, 5) is 37.5. The van der Waals surface area contributed by atoms with Crippen molar-refractivity contribution in [3.63, 3.8) is 0 Å². The third kappa shape index (κ3) is 7.90. The molecule has 3 N–H and O–H groups in total. The number of rotatable bonds is 8. The van der Waals surface area contributed by atoms with Crippen molar-refractivity contribution >= 4 is 39.3 Å². The average Bonchev–Trinajstić information content (AvgIpc) is 2.88. The Bertz CT molecular complexity index is 1250. The van der Waals surface area contributed by atoms with E-state index in [0.717, 1.165) is 5.56 Å². The van der Waals surface area contributed by atoms with Crippen LogP contribution in [0.25, 0.3) is 0 Å². The maximum absolute atomic E-state index is 12.6. The Labute approximate surface area is 224 Å². The van der Waals surface area contributed by atoms with Gasteiger partial charge in [-0.15, -0.1) is 0 Å². The topological polar surface area (TPSA) is 106 Å². The van der Waals surface area contributed by atoms with E-state index in [1.54, 1.807) is 61.7 Å². The summed E-state index contributed by atoms with van der Waals surface area (Å²) in [5, 5.41) is 2.82. The molecule has 0 fully saturated rings. The molecule has 0 saturated heterocycles. The Morgan fingerprint density at radius 1 is 0.757 bits per heavy atom. The van der Waals surface area contributed by atoms with E-state index in [0.29, 0.717) is 45.8 Å². The number of ether oxygens (including phenoxy) is 2. The summed E-state index contributed by atoms with van der Waals surface area (Å²) in [7, 11) is 1.58. The van der Waals surface area contributed by atoms with E-state index in [1.807, 2.05) is 12.1 Å². The lowest BCUT2D eigenvalue weighted by Gasteiger charge is -2.19. The number of carbonyl (C=O) groups is 3. The van der Waals surface area contributed by atoms with Gasteiger partial charge < -0.3 is 14.8 Å². The average molecular weight is 568 g/mol. The standard InChI is InChI=1S/C28H30BrN3O5/c1-28(2,3)21-10-5-18(6-11-21)25(33)30-22-12-7-19(8-13-22)26(34)31-32-27(35)20-9-14-24(23(29)17-20)37-16-15-36-4/h5-14,17H,15-16H2,1-4H3,(H,30,33)(H,31,34)(H,32,35). The predicted octanol–water partition coefficient (Wildman–Crippen LogP) is 5.10. The van der Waals surface area contributed by atoms with Crippen LogP contribution in [-0.4, -0.2) is 38.0 Å². The molecule has 0 aliphatic heterocycles. The predicted molar refractivity (Wildman–Crippen MR) is 146 cm³/mol. The molecular weight excluding hydrogens is 538 g/mol. The van der Waals surface area contributed by atoms with Gasteiger partial charge in [-0.2, -0.15) is 0 Å². The molecule has 8 nitrogen and oxygen atoms in total. The first-order chi connectivity index (χ1) is 17.6. The normalized spacial score (nSPS) is 10.9. The second-order valence-electron chi connectivity index (χ2n) is 9.25. The zero-order valence-electron chi connectivity index (χ0n) is 21.2. The summed E-state index contributed by atoms with van der Waals surface area (Å²) >= 11 is 3.37. The Morgan fingerprint density at radius 3 is 1.86 bits per heavy atom. The fourth-order valence-electron chi connectivity index (χ4n) is 3.28. The van der Waals surface area contributed by atoms with Crippen molar-refractivity contribution in [3.8, 4) is 5.75 Å². The van der Waals surface area contributed by atoms with Crippen LogP contribution < -0.4 is 20.9 Å². The summed E-state index contributed by atoms with van der Waals surface area (Å²) in [6.45, 7) is 7.16. The fraction of sp³-hybridized carbons (Fsp3) is 0.250. The van der Waals surface area contributed by atoms with E-state index in [2.05, 4.69) is 52.9 Å². The van der Waals surface area contributed by atoms with Crippen LogP contribution in [0.1, 0.15) is 57.4 Å². The highest BCUT2D eigenvalue weighted by Crippen LogP contribution is 2.26. The number of hydrogen-bond donors (Lipinski definition) is 3. The summed E-state index contributed by atoms with van der Waals surface area (Å²) in [6, 6.07) is 18.7. The van der Waals surface area contributed by atoms with Crippen LogP contribution in [0.2, 0.25) is 0 Å². The monoisotopic (exact) mass is 567 g/mol. The minimum Gasteiger partial charge on any atom is -0.490 e. The molecule has 3 amide bonds. The number of nitrogens with one attached hydrogen (secondary N) is 3. The highest BCUT2D eigenvalue weighted by molar-refractivity contribution is 9.10. The van der Waals surface area contributed by atoms with Crippen molar-refractivity contribution in [1.29, 1.82) is 0 Å². The lowest BCUT2D eigenvalue weighted by molar-refractivity contribution is 0.0846. The second-order valence-corrected chi connectivity index (χ2v) is 10.1. The molecule has 37 heavy (non-hydrogen) atoms. The Morgan fingerprint density at radius 2 is 1.30 bits per heavy atom. The van der Waals surface area contributed by atoms with Crippen molar-refractivity contribution in [2.75, 3.05) is 25.6 Å². The fourth-order valence-corrected chi connectivity index (χ4v) is 3.78. The van der Waals surface area contributed by atoms with Crippen LogP contribution in [0, 0.1) is 0 Å². The van der Waals surface area contributed by atoms with Gasteiger partial charge >= 0.3 is 0 Å². The second kappa shape index (κ2) is 12.5. The van der Waals surface area contributed by atoms with Gasteiger partial charge in [0.25, 0.3) is 17.7 Å². The van der Waals surface area contributed by atoms with E-state index in [4.69, 9.17) is 9.47 Å². The number of carbonyl (C=O) groups excluding carboxylic acids is 3. The summed E-state index contributed by atoms with van der Waals surface area (Å²) in [5.74, 6) is -0.653. The number of methoxy groups -OCH3 is 1. The van der Waals surface area contributed by atoms with E-state index in [1.165, 1.54) is 0 Å². The Balaban J connectivity index is 1.53.